The molecule has 6 nitrogen and oxygen atoms in total. The van der Waals surface area contributed by atoms with Crippen molar-refractivity contribution in [3.63, 3.8) is 0 Å². The van der Waals surface area contributed by atoms with E-state index in [1.807, 2.05) is 11.4 Å². The van der Waals surface area contributed by atoms with Crippen molar-refractivity contribution in [2.45, 2.75) is 31.1 Å². The maximum atomic E-state index is 11.9. The molecule has 0 aliphatic heterocycles. The number of thiophene rings is 1. The van der Waals surface area contributed by atoms with Crippen molar-refractivity contribution in [3.8, 4) is 10.4 Å². The van der Waals surface area contributed by atoms with Crippen LogP contribution in [0.2, 0.25) is 0 Å². The topological polar surface area (TPSA) is 95.3 Å². The van der Waals surface area contributed by atoms with Crippen molar-refractivity contribution in [2.75, 3.05) is 0 Å². The van der Waals surface area contributed by atoms with Gasteiger partial charge < -0.3 is 10.2 Å². The Morgan fingerprint density at radius 1 is 1.30 bits per heavy atom. The van der Waals surface area contributed by atoms with Gasteiger partial charge in [0.15, 0.2) is 0 Å². The van der Waals surface area contributed by atoms with Crippen LogP contribution in [0.4, 0.5) is 0 Å². The van der Waals surface area contributed by atoms with E-state index in [9.17, 15) is 19.8 Å². The van der Waals surface area contributed by atoms with E-state index in [2.05, 4.69) is 4.98 Å². The summed E-state index contributed by atoms with van der Waals surface area (Å²) in [5.41, 5.74) is -0.608. The number of aliphatic hydroxyl groups excluding tert-OH is 2. The first-order valence-electron chi connectivity index (χ1n) is 6.33. The third-order valence-corrected chi connectivity index (χ3v) is 4.56. The van der Waals surface area contributed by atoms with Gasteiger partial charge in [0.1, 0.15) is 6.10 Å². The largest absolute Gasteiger partial charge is 0.390 e. The van der Waals surface area contributed by atoms with Gasteiger partial charge in [0, 0.05) is 11.1 Å². The first kappa shape index (κ1) is 13.3. The minimum Gasteiger partial charge on any atom is -0.390 e. The Balaban J connectivity index is 2.11. The third kappa shape index (κ3) is 2.13. The number of rotatable bonds is 2. The molecule has 0 aromatic carbocycles. The van der Waals surface area contributed by atoms with Gasteiger partial charge in [-0.05, 0) is 24.3 Å². The Morgan fingerprint density at radius 3 is 2.70 bits per heavy atom. The van der Waals surface area contributed by atoms with Gasteiger partial charge in [0.2, 0.25) is 0 Å². The second-order valence-electron chi connectivity index (χ2n) is 4.89. The lowest BCUT2D eigenvalue weighted by molar-refractivity contribution is 0.0226. The van der Waals surface area contributed by atoms with Gasteiger partial charge in [-0.2, -0.15) is 0 Å². The highest BCUT2D eigenvalue weighted by molar-refractivity contribution is 7.13. The standard InChI is InChI=1S/C13H14N2O4S/c16-9-4-3-8(11(9)17)15-6-7(10-2-1-5-20-10)12(18)14-13(15)19/h1-2,5-6,8-9,11,16-17H,3-4H2,(H,14,18,19)/t8-,9-,11+/m1/s1. The molecule has 0 amide bonds. The number of nitrogens with one attached hydrogen (secondary N) is 1. The summed E-state index contributed by atoms with van der Waals surface area (Å²) in [4.78, 5) is 26.8. The van der Waals surface area contributed by atoms with Gasteiger partial charge in [0.05, 0.1) is 17.7 Å². The molecular weight excluding hydrogens is 280 g/mol. The summed E-state index contributed by atoms with van der Waals surface area (Å²) in [6, 6.07) is 3.11. The molecule has 1 aliphatic carbocycles. The molecule has 3 atom stereocenters. The lowest BCUT2D eigenvalue weighted by Gasteiger charge is -2.19. The molecule has 2 aromatic heterocycles. The molecule has 2 heterocycles. The lowest BCUT2D eigenvalue weighted by atomic mass is 10.2. The van der Waals surface area contributed by atoms with E-state index in [0.717, 1.165) is 4.88 Å². The molecule has 20 heavy (non-hydrogen) atoms. The zero-order valence-corrected chi connectivity index (χ0v) is 11.3. The average molecular weight is 294 g/mol. The molecule has 0 spiro atoms. The minimum absolute atomic E-state index is 0.396. The number of hydrogen-bond acceptors (Lipinski definition) is 5. The van der Waals surface area contributed by atoms with Gasteiger partial charge in [-0.15, -0.1) is 11.3 Å². The molecule has 1 saturated carbocycles. The highest BCUT2D eigenvalue weighted by Crippen LogP contribution is 2.30. The van der Waals surface area contributed by atoms with Gasteiger partial charge in [-0.3, -0.25) is 14.3 Å². The van der Waals surface area contributed by atoms with Crippen LogP contribution in [-0.4, -0.2) is 32.0 Å². The average Bonchev–Trinajstić information content (AvgIpc) is 3.03. The Kier molecular flexibility index (Phi) is 3.33. The van der Waals surface area contributed by atoms with Crippen LogP contribution < -0.4 is 11.2 Å². The fourth-order valence-corrected chi connectivity index (χ4v) is 3.32. The van der Waals surface area contributed by atoms with E-state index < -0.39 is 29.5 Å². The van der Waals surface area contributed by atoms with E-state index in [0.29, 0.717) is 18.4 Å². The van der Waals surface area contributed by atoms with E-state index in [1.54, 1.807) is 6.07 Å². The van der Waals surface area contributed by atoms with Crippen molar-refractivity contribution >= 4 is 11.3 Å². The van der Waals surface area contributed by atoms with Crippen molar-refractivity contribution in [3.05, 3.63) is 44.5 Å². The normalized spacial score (nSPS) is 26.0. The Bertz CT molecular complexity index is 719. The molecule has 0 unspecified atom stereocenters. The SMILES string of the molecule is O=c1[nH]c(=O)n([C@@H]2CC[C@@H](O)[C@H]2O)cc1-c1cccs1. The monoisotopic (exact) mass is 294 g/mol. The summed E-state index contributed by atoms with van der Waals surface area (Å²) in [7, 11) is 0. The zero-order chi connectivity index (χ0) is 14.3. The fourth-order valence-electron chi connectivity index (χ4n) is 2.58. The lowest BCUT2D eigenvalue weighted by Crippen LogP contribution is -2.37. The summed E-state index contributed by atoms with van der Waals surface area (Å²) < 4.78 is 1.32. The molecule has 0 radical (unpaired) electrons. The number of hydrogen-bond donors (Lipinski definition) is 3. The first-order valence-corrected chi connectivity index (χ1v) is 7.21. The molecule has 0 saturated heterocycles. The van der Waals surface area contributed by atoms with Crippen LogP contribution in [0.25, 0.3) is 10.4 Å². The molecule has 106 valence electrons. The molecular formula is C13H14N2O4S. The summed E-state index contributed by atoms with van der Waals surface area (Å²) in [6.07, 6.45) is 0.585. The highest BCUT2D eigenvalue weighted by Gasteiger charge is 2.35. The summed E-state index contributed by atoms with van der Waals surface area (Å²) in [6.45, 7) is 0. The smallest absolute Gasteiger partial charge is 0.328 e. The third-order valence-electron chi connectivity index (χ3n) is 3.66. The van der Waals surface area contributed by atoms with E-state index in [-0.39, 0.29) is 0 Å². The van der Waals surface area contributed by atoms with Crippen molar-refractivity contribution in [2.24, 2.45) is 0 Å². The molecule has 3 rings (SSSR count). The highest BCUT2D eigenvalue weighted by atomic mass is 32.1. The number of aromatic nitrogens is 2. The van der Waals surface area contributed by atoms with Crippen LogP contribution in [0.3, 0.4) is 0 Å². The fraction of sp³-hybridized carbons (Fsp3) is 0.385. The number of nitrogens with zero attached hydrogens (tertiary/aromatic N) is 1. The van der Waals surface area contributed by atoms with Crippen molar-refractivity contribution in [1.82, 2.24) is 9.55 Å². The van der Waals surface area contributed by atoms with Gasteiger partial charge in [-0.25, -0.2) is 4.79 Å². The maximum absolute atomic E-state index is 11.9. The second kappa shape index (κ2) is 5.01. The molecule has 0 bridgehead atoms. The van der Waals surface area contributed by atoms with Crippen molar-refractivity contribution in [1.29, 1.82) is 0 Å². The second-order valence-corrected chi connectivity index (χ2v) is 5.84. The predicted molar refractivity (Wildman–Crippen MR) is 74.9 cm³/mol. The number of aliphatic hydroxyl groups is 2. The number of H-pyrrole nitrogens is 1. The van der Waals surface area contributed by atoms with Crippen LogP contribution in [0.1, 0.15) is 18.9 Å². The summed E-state index contributed by atoms with van der Waals surface area (Å²) in [5, 5.41) is 21.4. The van der Waals surface area contributed by atoms with Crippen LogP contribution >= 0.6 is 11.3 Å². The Labute approximate surface area is 118 Å². The molecule has 2 aromatic rings. The van der Waals surface area contributed by atoms with Gasteiger partial charge >= 0.3 is 5.69 Å². The van der Waals surface area contributed by atoms with Crippen molar-refractivity contribution < 1.29 is 10.2 Å². The van der Waals surface area contributed by atoms with Crippen LogP contribution in [0.15, 0.2) is 33.3 Å². The molecule has 1 aliphatic rings. The molecule has 7 heteroatoms. The van der Waals surface area contributed by atoms with E-state index in [1.165, 1.54) is 22.1 Å². The van der Waals surface area contributed by atoms with Gasteiger partial charge in [0.25, 0.3) is 5.56 Å². The molecule has 3 N–H and O–H groups in total. The van der Waals surface area contributed by atoms with Crippen LogP contribution in [0, 0.1) is 0 Å². The van der Waals surface area contributed by atoms with Crippen LogP contribution in [0.5, 0.6) is 0 Å². The number of aromatic amines is 1. The zero-order valence-electron chi connectivity index (χ0n) is 10.5. The molecule has 1 fully saturated rings. The van der Waals surface area contributed by atoms with E-state index >= 15 is 0 Å². The first-order chi connectivity index (χ1) is 9.58. The Hall–Kier alpha value is -1.70. The van der Waals surface area contributed by atoms with E-state index in [4.69, 9.17) is 0 Å². The quantitative estimate of drug-likeness (QED) is 0.743. The summed E-state index contributed by atoms with van der Waals surface area (Å²) >= 11 is 1.40. The predicted octanol–water partition coefficient (Wildman–Crippen LogP) is 0.322. The van der Waals surface area contributed by atoms with Crippen LogP contribution in [-0.2, 0) is 0 Å². The maximum Gasteiger partial charge on any atom is 0.328 e. The van der Waals surface area contributed by atoms with Gasteiger partial charge in [-0.1, -0.05) is 6.07 Å². The Morgan fingerprint density at radius 2 is 2.10 bits per heavy atom. The minimum atomic E-state index is -0.991. The summed E-state index contributed by atoms with van der Waals surface area (Å²) in [5.74, 6) is 0.